The van der Waals surface area contributed by atoms with Crippen LogP contribution in [-0.4, -0.2) is 24.5 Å². The maximum atomic E-state index is 9.25. The van der Waals surface area contributed by atoms with Gasteiger partial charge >= 0.3 is 0 Å². The van der Waals surface area contributed by atoms with E-state index in [0.29, 0.717) is 15.9 Å². The third-order valence-corrected chi connectivity index (χ3v) is 2.21. The van der Waals surface area contributed by atoms with Crippen LogP contribution in [0.1, 0.15) is 20.8 Å². The summed E-state index contributed by atoms with van der Waals surface area (Å²) in [5.74, 6) is 0. The number of fused-ring (bicyclic) bond motifs is 1. The van der Waals surface area contributed by atoms with E-state index in [9.17, 15) is 5.21 Å². The van der Waals surface area contributed by atoms with Crippen molar-refractivity contribution in [2.75, 3.05) is 0 Å². The van der Waals surface area contributed by atoms with Crippen LogP contribution in [0.25, 0.3) is 11.2 Å². The molecule has 15 heavy (non-hydrogen) atoms. The van der Waals surface area contributed by atoms with Crippen molar-refractivity contribution in [1.82, 2.24) is 19.3 Å². The van der Waals surface area contributed by atoms with Gasteiger partial charge < -0.3 is 9.77 Å². The minimum Gasteiger partial charge on any atom is -0.425 e. The molecule has 0 aromatic carbocycles. The molecular formula is C9H13N5O. The number of nitrogens with zero attached hydrogens (tertiary/aromatic N) is 4. The largest absolute Gasteiger partial charge is 0.425 e. The molecule has 0 atom stereocenters. The van der Waals surface area contributed by atoms with E-state index in [4.69, 9.17) is 5.41 Å². The van der Waals surface area contributed by atoms with Crippen molar-refractivity contribution in [3.05, 3.63) is 18.1 Å². The summed E-state index contributed by atoms with van der Waals surface area (Å²) in [6.45, 7) is 6.08. The van der Waals surface area contributed by atoms with E-state index in [1.807, 2.05) is 25.3 Å². The van der Waals surface area contributed by atoms with Gasteiger partial charge in [0.1, 0.15) is 6.33 Å². The van der Waals surface area contributed by atoms with Gasteiger partial charge in [-0.05, 0) is 20.8 Å². The summed E-state index contributed by atoms with van der Waals surface area (Å²) in [6.07, 6.45) is 2.84. The lowest BCUT2D eigenvalue weighted by Gasteiger charge is -2.20. The average molecular weight is 207 g/mol. The van der Waals surface area contributed by atoms with Gasteiger partial charge in [0.05, 0.1) is 6.33 Å². The predicted octanol–water partition coefficient (Wildman–Crippen LogP) is 0.705. The highest BCUT2D eigenvalue weighted by atomic mass is 16.5. The van der Waals surface area contributed by atoms with Crippen LogP contribution in [0.4, 0.5) is 0 Å². The van der Waals surface area contributed by atoms with Gasteiger partial charge in [0, 0.05) is 5.54 Å². The van der Waals surface area contributed by atoms with Gasteiger partial charge in [0.25, 0.3) is 0 Å². The highest BCUT2D eigenvalue weighted by Crippen LogP contribution is 2.17. The first-order valence-corrected chi connectivity index (χ1v) is 4.60. The molecule has 2 aromatic rings. The summed E-state index contributed by atoms with van der Waals surface area (Å²) in [4.78, 5) is 8.14. The molecule has 2 rings (SSSR count). The topological polar surface area (TPSA) is 79.7 Å². The molecule has 0 spiro atoms. The molecule has 2 heterocycles. The van der Waals surface area contributed by atoms with Gasteiger partial charge in [-0.2, -0.15) is 4.73 Å². The predicted molar refractivity (Wildman–Crippen MR) is 53.6 cm³/mol. The monoisotopic (exact) mass is 207 g/mol. The fourth-order valence-corrected chi connectivity index (χ4v) is 1.40. The number of imidazole rings is 1. The quantitative estimate of drug-likeness (QED) is 0.624. The second-order valence-corrected chi connectivity index (χ2v) is 4.40. The number of nitrogens with one attached hydrogen (secondary N) is 1. The fourth-order valence-electron chi connectivity index (χ4n) is 1.40. The summed E-state index contributed by atoms with van der Waals surface area (Å²) in [6, 6.07) is 0. The average Bonchev–Trinajstić information content (AvgIpc) is 2.54. The van der Waals surface area contributed by atoms with Crippen LogP contribution in [-0.2, 0) is 5.54 Å². The Bertz CT molecular complexity index is 560. The number of hydrogen-bond donors (Lipinski definition) is 2. The van der Waals surface area contributed by atoms with E-state index in [1.165, 1.54) is 6.33 Å². The van der Waals surface area contributed by atoms with Crippen LogP contribution in [0, 0.1) is 5.41 Å². The van der Waals surface area contributed by atoms with Gasteiger partial charge in [-0.15, -0.1) is 0 Å². The fraction of sp³-hybridized carbons (Fsp3) is 0.444. The zero-order chi connectivity index (χ0) is 11.2. The molecule has 0 aliphatic heterocycles. The maximum Gasteiger partial charge on any atom is 0.192 e. The molecule has 6 heteroatoms. The SMILES string of the molecule is CC(C)(C)n1cnc2c(=N)n(O)cnc21. The summed E-state index contributed by atoms with van der Waals surface area (Å²) >= 11 is 0. The lowest BCUT2D eigenvalue weighted by Crippen LogP contribution is -2.23. The molecule has 0 amide bonds. The van der Waals surface area contributed by atoms with Crippen LogP contribution in [0.2, 0.25) is 0 Å². The van der Waals surface area contributed by atoms with E-state index >= 15 is 0 Å². The molecule has 0 saturated carbocycles. The van der Waals surface area contributed by atoms with Gasteiger partial charge in [-0.3, -0.25) is 5.41 Å². The first kappa shape index (κ1) is 9.70. The van der Waals surface area contributed by atoms with Crippen molar-refractivity contribution in [1.29, 1.82) is 5.41 Å². The third kappa shape index (κ3) is 1.38. The first-order valence-electron chi connectivity index (χ1n) is 4.60. The Hall–Kier alpha value is -1.85. The molecular weight excluding hydrogens is 194 g/mol. The van der Waals surface area contributed by atoms with Crippen molar-refractivity contribution in [3.63, 3.8) is 0 Å². The highest BCUT2D eigenvalue weighted by molar-refractivity contribution is 5.68. The van der Waals surface area contributed by atoms with E-state index in [2.05, 4.69) is 9.97 Å². The van der Waals surface area contributed by atoms with Crippen LogP contribution in [0.15, 0.2) is 12.7 Å². The number of rotatable bonds is 0. The Morgan fingerprint density at radius 2 is 1.93 bits per heavy atom. The lowest BCUT2D eigenvalue weighted by molar-refractivity contribution is 0.168. The van der Waals surface area contributed by atoms with Gasteiger partial charge in [0.15, 0.2) is 16.7 Å². The highest BCUT2D eigenvalue weighted by Gasteiger charge is 2.17. The zero-order valence-corrected chi connectivity index (χ0v) is 8.89. The normalized spacial score (nSPS) is 12.2. The van der Waals surface area contributed by atoms with Gasteiger partial charge in [0.2, 0.25) is 0 Å². The summed E-state index contributed by atoms with van der Waals surface area (Å²) in [7, 11) is 0. The smallest absolute Gasteiger partial charge is 0.192 e. The summed E-state index contributed by atoms with van der Waals surface area (Å²) in [5.41, 5.74) is 0.811. The molecule has 0 aliphatic carbocycles. The molecule has 0 fully saturated rings. The van der Waals surface area contributed by atoms with Crippen LogP contribution in [0.3, 0.4) is 0 Å². The van der Waals surface area contributed by atoms with Gasteiger partial charge in [-0.25, -0.2) is 9.97 Å². The maximum absolute atomic E-state index is 9.25. The molecule has 2 aromatic heterocycles. The molecule has 0 unspecified atom stereocenters. The van der Waals surface area contributed by atoms with Crippen molar-refractivity contribution in [3.8, 4) is 0 Å². The molecule has 80 valence electrons. The van der Waals surface area contributed by atoms with E-state index in [0.717, 1.165) is 0 Å². The summed E-state index contributed by atoms with van der Waals surface area (Å²) < 4.78 is 2.53. The van der Waals surface area contributed by atoms with Crippen molar-refractivity contribution in [2.24, 2.45) is 0 Å². The Morgan fingerprint density at radius 3 is 2.53 bits per heavy atom. The van der Waals surface area contributed by atoms with Crippen LogP contribution in [0.5, 0.6) is 0 Å². The van der Waals surface area contributed by atoms with Crippen molar-refractivity contribution >= 4 is 11.2 Å². The second kappa shape index (κ2) is 2.82. The second-order valence-electron chi connectivity index (χ2n) is 4.40. The van der Waals surface area contributed by atoms with Crippen LogP contribution >= 0.6 is 0 Å². The molecule has 2 N–H and O–H groups in total. The molecule has 0 radical (unpaired) electrons. The van der Waals surface area contributed by atoms with Crippen LogP contribution < -0.4 is 5.49 Å². The van der Waals surface area contributed by atoms with E-state index < -0.39 is 0 Å². The first-order chi connectivity index (χ1) is 6.91. The Labute approximate surface area is 86.3 Å². The van der Waals surface area contributed by atoms with E-state index in [1.54, 1.807) is 6.33 Å². The Morgan fingerprint density at radius 1 is 1.27 bits per heavy atom. The molecule has 0 bridgehead atoms. The standard InChI is InChI=1S/C9H13N5O/c1-9(2,3)13-4-11-6-7(10)14(15)5-12-8(6)13/h4-5,10,15H,1-3H3. The minimum atomic E-state index is -0.143. The van der Waals surface area contributed by atoms with Crippen molar-refractivity contribution < 1.29 is 5.21 Å². The van der Waals surface area contributed by atoms with Crippen molar-refractivity contribution in [2.45, 2.75) is 26.3 Å². The lowest BCUT2D eigenvalue weighted by atomic mass is 10.1. The van der Waals surface area contributed by atoms with E-state index in [-0.39, 0.29) is 11.0 Å². The molecule has 6 nitrogen and oxygen atoms in total. The molecule has 0 aliphatic rings. The Kier molecular flexibility index (Phi) is 1.82. The number of aromatic nitrogens is 4. The zero-order valence-electron chi connectivity index (χ0n) is 8.89. The summed E-state index contributed by atoms with van der Waals surface area (Å²) in [5, 5.41) is 16.8. The number of hydrogen-bond acceptors (Lipinski definition) is 4. The Balaban J connectivity index is 2.84. The molecule has 0 saturated heterocycles. The minimum absolute atomic E-state index is 0.0528. The van der Waals surface area contributed by atoms with Gasteiger partial charge in [-0.1, -0.05) is 0 Å². The third-order valence-electron chi connectivity index (χ3n) is 2.21.